The maximum absolute atomic E-state index is 12.4. The number of amides is 2. The number of carbonyl (C=O) groups excluding carboxylic acids is 2. The highest BCUT2D eigenvalue weighted by molar-refractivity contribution is 6.04. The Kier molecular flexibility index (Phi) is 3.87. The molecule has 2 aromatic rings. The van der Waals surface area contributed by atoms with Gasteiger partial charge in [-0.1, -0.05) is 0 Å². The second kappa shape index (κ2) is 5.97. The zero-order chi connectivity index (χ0) is 18.5. The van der Waals surface area contributed by atoms with Crippen LogP contribution in [0.5, 0.6) is 0 Å². The Morgan fingerprint density at radius 2 is 2.12 bits per heavy atom. The number of pyridine rings is 1. The summed E-state index contributed by atoms with van der Waals surface area (Å²) >= 11 is 0. The minimum Gasteiger partial charge on any atom is -0.460 e. The highest BCUT2D eigenvalue weighted by Crippen LogP contribution is 2.30. The van der Waals surface area contributed by atoms with Crippen LogP contribution >= 0.6 is 0 Å². The lowest BCUT2D eigenvalue weighted by Gasteiger charge is -2.21. The molecule has 4 heterocycles. The lowest BCUT2D eigenvalue weighted by atomic mass is 9.95. The van der Waals surface area contributed by atoms with Gasteiger partial charge in [-0.15, -0.1) is 0 Å². The number of alkyl halides is 3. The molecular formula is C16H15F3N4O3. The third-order valence-electron chi connectivity index (χ3n) is 4.82. The van der Waals surface area contributed by atoms with Gasteiger partial charge in [-0.2, -0.15) is 13.2 Å². The monoisotopic (exact) mass is 368 g/mol. The smallest absolute Gasteiger partial charge is 0.460 e. The third kappa shape index (κ3) is 3.00. The van der Waals surface area contributed by atoms with Gasteiger partial charge in [-0.3, -0.25) is 9.59 Å². The van der Waals surface area contributed by atoms with Crippen LogP contribution in [0.4, 0.5) is 18.9 Å². The van der Waals surface area contributed by atoms with E-state index in [0.29, 0.717) is 6.04 Å². The number of rotatable bonds is 3. The molecule has 7 nitrogen and oxygen atoms in total. The van der Waals surface area contributed by atoms with Gasteiger partial charge in [0.25, 0.3) is 5.91 Å². The molecule has 2 aliphatic heterocycles. The van der Waals surface area contributed by atoms with E-state index in [1.54, 1.807) is 5.32 Å². The molecule has 0 aliphatic carbocycles. The summed E-state index contributed by atoms with van der Waals surface area (Å²) in [4.78, 5) is 27.5. The summed E-state index contributed by atoms with van der Waals surface area (Å²) in [7, 11) is 0. The molecule has 0 radical (unpaired) electrons. The van der Waals surface area contributed by atoms with Crippen LogP contribution in [0.3, 0.4) is 0 Å². The summed E-state index contributed by atoms with van der Waals surface area (Å²) in [6, 6.07) is 1.97. The highest BCUT2D eigenvalue weighted by Gasteiger charge is 2.40. The minimum atomic E-state index is -5.02. The van der Waals surface area contributed by atoms with Gasteiger partial charge in [-0.25, -0.2) is 4.98 Å². The number of nitrogens with one attached hydrogen (secondary N) is 3. The van der Waals surface area contributed by atoms with Gasteiger partial charge < -0.3 is 20.4 Å². The first-order valence-corrected chi connectivity index (χ1v) is 8.13. The number of hydrogen-bond donors (Lipinski definition) is 3. The average Bonchev–Trinajstić information content (AvgIpc) is 3.29. The molecule has 2 aromatic heterocycles. The Morgan fingerprint density at radius 1 is 1.31 bits per heavy atom. The van der Waals surface area contributed by atoms with Crippen LogP contribution < -0.4 is 16.0 Å². The van der Waals surface area contributed by atoms with Crippen LogP contribution in [0.2, 0.25) is 0 Å². The lowest BCUT2D eigenvalue weighted by molar-refractivity contribution is -0.167. The average molecular weight is 368 g/mol. The van der Waals surface area contributed by atoms with Gasteiger partial charge in [0.05, 0.1) is 11.9 Å². The number of carbonyl (C=O) groups is 2. The lowest BCUT2D eigenvalue weighted by Crippen LogP contribution is -2.43. The Bertz CT molecular complexity index is 879. The Labute approximate surface area is 145 Å². The first-order chi connectivity index (χ1) is 12.3. The molecule has 4 rings (SSSR count). The summed E-state index contributed by atoms with van der Waals surface area (Å²) in [5.74, 6) is -2.53. The SMILES string of the molecule is O=C(N[C@@H]1C[C@H]2CC[C@@H]1N2)c1cc2c(NC(=O)C(F)(F)F)coc2cn1. The molecule has 2 aliphatic rings. The molecule has 2 saturated heterocycles. The fraction of sp³-hybridized carbons (Fsp3) is 0.438. The van der Waals surface area contributed by atoms with E-state index in [9.17, 15) is 22.8 Å². The summed E-state index contributed by atoms with van der Waals surface area (Å²) in [6.45, 7) is 0. The normalized spacial score (nSPS) is 24.8. The summed E-state index contributed by atoms with van der Waals surface area (Å²) in [5.41, 5.74) is 0.0464. The fourth-order valence-corrected chi connectivity index (χ4v) is 3.57. The molecule has 2 fully saturated rings. The van der Waals surface area contributed by atoms with Crippen molar-refractivity contribution in [1.82, 2.24) is 15.6 Å². The number of halogens is 3. The van der Waals surface area contributed by atoms with Crippen molar-refractivity contribution in [1.29, 1.82) is 0 Å². The van der Waals surface area contributed by atoms with E-state index in [-0.39, 0.29) is 34.4 Å². The number of aromatic nitrogens is 1. The first-order valence-electron chi connectivity index (χ1n) is 8.13. The fourth-order valence-electron chi connectivity index (χ4n) is 3.57. The quantitative estimate of drug-likeness (QED) is 0.770. The molecule has 2 amide bonds. The van der Waals surface area contributed by atoms with Crippen LogP contribution in [0, 0.1) is 0 Å². The topological polar surface area (TPSA) is 96.3 Å². The van der Waals surface area contributed by atoms with Gasteiger partial charge in [0.15, 0.2) is 5.58 Å². The van der Waals surface area contributed by atoms with Crippen LogP contribution in [0.1, 0.15) is 29.8 Å². The molecule has 138 valence electrons. The van der Waals surface area contributed by atoms with Crippen LogP contribution in [-0.4, -0.2) is 41.1 Å². The van der Waals surface area contributed by atoms with E-state index >= 15 is 0 Å². The van der Waals surface area contributed by atoms with Crippen molar-refractivity contribution in [3.05, 3.63) is 24.2 Å². The van der Waals surface area contributed by atoms with Crippen molar-refractivity contribution in [3.63, 3.8) is 0 Å². The first kappa shape index (κ1) is 16.8. The molecule has 3 atom stereocenters. The summed E-state index contributed by atoms with van der Waals surface area (Å²) < 4.78 is 42.4. The van der Waals surface area contributed by atoms with Gasteiger partial charge in [0, 0.05) is 23.5 Å². The standard InChI is InChI=1S/C16H15F3N4O3/c17-16(18,19)15(25)23-12-6-26-13-5-20-11(4-8(12)13)14(24)22-10-3-7-1-2-9(10)21-7/h4-7,9-10,21H,1-3H2,(H,22,24)(H,23,25)/t7-,9+,10-/m1/s1. The number of fused-ring (bicyclic) bond motifs is 3. The zero-order valence-corrected chi connectivity index (χ0v) is 13.4. The number of anilines is 1. The molecular weight excluding hydrogens is 353 g/mol. The van der Waals surface area contributed by atoms with Crippen LogP contribution in [0.15, 0.2) is 22.9 Å². The molecule has 26 heavy (non-hydrogen) atoms. The van der Waals surface area contributed by atoms with Crippen molar-refractivity contribution < 1.29 is 27.2 Å². The van der Waals surface area contributed by atoms with Crippen molar-refractivity contribution in [2.24, 2.45) is 0 Å². The molecule has 0 aromatic carbocycles. The van der Waals surface area contributed by atoms with Gasteiger partial charge in [0.2, 0.25) is 0 Å². The van der Waals surface area contributed by atoms with E-state index in [1.807, 2.05) is 0 Å². The zero-order valence-electron chi connectivity index (χ0n) is 13.4. The van der Waals surface area contributed by atoms with E-state index in [1.165, 1.54) is 12.3 Å². The van der Waals surface area contributed by atoms with Gasteiger partial charge >= 0.3 is 12.1 Å². The molecule has 3 N–H and O–H groups in total. The Hall–Kier alpha value is -2.62. The predicted molar refractivity (Wildman–Crippen MR) is 84.5 cm³/mol. The predicted octanol–water partition coefficient (Wildman–Crippen LogP) is 1.95. The van der Waals surface area contributed by atoms with Gasteiger partial charge in [-0.05, 0) is 25.3 Å². The molecule has 10 heteroatoms. The maximum Gasteiger partial charge on any atom is 0.471 e. The third-order valence-corrected chi connectivity index (χ3v) is 4.82. The Morgan fingerprint density at radius 3 is 2.77 bits per heavy atom. The number of nitrogens with zero attached hydrogens (tertiary/aromatic N) is 1. The Balaban J connectivity index is 1.54. The summed E-state index contributed by atoms with van der Waals surface area (Å²) in [6.07, 6.45) is 0.142. The van der Waals surface area contributed by atoms with Crippen molar-refractivity contribution >= 4 is 28.5 Å². The second-order valence-electron chi connectivity index (χ2n) is 6.53. The molecule has 0 saturated carbocycles. The molecule has 0 unspecified atom stereocenters. The van der Waals surface area contributed by atoms with E-state index in [0.717, 1.165) is 25.5 Å². The molecule has 0 spiro atoms. The van der Waals surface area contributed by atoms with Crippen molar-refractivity contribution in [2.75, 3.05) is 5.32 Å². The van der Waals surface area contributed by atoms with Crippen molar-refractivity contribution in [3.8, 4) is 0 Å². The second-order valence-corrected chi connectivity index (χ2v) is 6.53. The molecule has 2 bridgehead atoms. The van der Waals surface area contributed by atoms with Gasteiger partial charge in [0.1, 0.15) is 12.0 Å². The number of hydrogen-bond acceptors (Lipinski definition) is 5. The highest BCUT2D eigenvalue weighted by atomic mass is 19.4. The van der Waals surface area contributed by atoms with Crippen LogP contribution in [-0.2, 0) is 4.79 Å². The minimum absolute atomic E-state index is 0.00694. The largest absolute Gasteiger partial charge is 0.471 e. The van der Waals surface area contributed by atoms with Crippen molar-refractivity contribution in [2.45, 2.75) is 43.6 Å². The van der Waals surface area contributed by atoms with E-state index in [4.69, 9.17) is 4.42 Å². The number of furan rings is 1. The van der Waals surface area contributed by atoms with E-state index < -0.39 is 18.0 Å². The maximum atomic E-state index is 12.4. The van der Waals surface area contributed by atoms with E-state index in [2.05, 4.69) is 15.6 Å². The van der Waals surface area contributed by atoms with Crippen LogP contribution in [0.25, 0.3) is 11.0 Å². The summed E-state index contributed by atoms with van der Waals surface area (Å²) in [5, 5.41) is 8.22.